The predicted octanol–water partition coefficient (Wildman–Crippen LogP) is 0.898. The molecule has 1 atom stereocenters. The Morgan fingerprint density at radius 2 is 2.05 bits per heavy atom. The van der Waals surface area contributed by atoms with Crippen LogP contribution in [-0.2, 0) is 11.2 Å². The molecule has 1 aliphatic rings. The highest BCUT2D eigenvalue weighted by molar-refractivity contribution is 6.01. The fourth-order valence-corrected chi connectivity index (χ4v) is 2.15. The lowest BCUT2D eigenvalue weighted by Crippen LogP contribution is -2.39. The molecule has 20 heavy (non-hydrogen) atoms. The van der Waals surface area contributed by atoms with Gasteiger partial charge < -0.3 is 10.6 Å². The molecule has 2 rings (SSSR count). The van der Waals surface area contributed by atoms with Crippen LogP contribution in [-0.4, -0.2) is 42.5 Å². The van der Waals surface area contributed by atoms with E-state index in [9.17, 15) is 14.0 Å². The number of hydrogen-bond acceptors (Lipinski definition) is 3. The van der Waals surface area contributed by atoms with Crippen molar-refractivity contribution in [2.75, 3.05) is 19.6 Å². The van der Waals surface area contributed by atoms with Crippen molar-refractivity contribution in [1.29, 1.82) is 0 Å². The second-order valence-corrected chi connectivity index (χ2v) is 4.89. The molecule has 0 bridgehead atoms. The summed E-state index contributed by atoms with van der Waals surface area (Å²) in [6, 6.07) is 6.24. The van der Waals surface area contributed by atoms with Crippen LogP contribution in [0.4, 0.5) is 9.18 Å². The zero-order chi connectivity index (χ0) is 14.5. The van der Waals surface area contributed by atoms with Crippen molar-refractivity contribution >= 4 is 11.9 Å². The van der Waals surface area contributed by atoms with Crippen LogP contribution < -0.4 is 10.6 Å². The molecule has 0 spiro atoms. The fourth-order valence-electron chi connectivity index (χ4n) is 2.15. The van der Waals surface area contributed by atoms with Crippen LogP contribution in [0.2, 0.25) is 0 Å². The van der Waals surface area contributed by atoms with E-state index in [0.29, 0.717) is 13.1 Å². The first-order valence-corrected chi connectivity index (χ1v) is 6.62. The summed E-state index contributed by atoms with van der Waals surface area (Å²) in [4.78, 5) is 23.9. The number of nitrogens with zero attached hydrogens (tertiary/aromatic N) is 1. The van der Waals surface area contributed by atoms with Crippen molar-refractivity contribution in [3.8, 4) is 0 Å². The molecule has 108 valence electrons. The van der Waals surface area contributed by atoms with Crippen LogP contribution in [0.1, 0.15) is 12.5 Å². The van der Waals surface area contributed by atoms with Gasteiger partial charge in [-0.25, -0.2) is 9.18 Å². The molecule has 1 aliphatic heterocycles. The maximum Gasteiger partial charge on any atom is 0.324 e. The molecule has 5 nitrogen and oxygen atoms in total. The van der Waals surface area contributed by atoms with Gasteiger partial charge in [0.05, 0.1) is 6.54 Å². The minimum absolute atomic E-state index is 0.0873. The van der Waals surface area contributed by atoms with Gasteiger partial charge in [0.15, 0.2) is 0 Å². The topological polar surface area (TPSA) is 61.4 Å². The summed E-state index contributed by atoms with van der Waals surface area (Å²) in [6.07, 6.45) is 0.764. The molecule has 1 saturated heterocycles. The molecule has 0 unspecified atom stereocenters. The van der Waals surface area contributed by atoms with E-state index < -0.39 is 0 Å². The Morgan fingerprint density at radius 1 is 1.35 bits per heavy atom. The third-order valence-electron chi connectivity index (χ3n) is 3.22. The van der Waals surface area contributed by atoms with Crippen LogP contribution >= 0.6 is 0 Å². The number of halogens is 1. The van der Waals surface area contributed by atoms with Gasteiger partial charge >= 0.3 is 6.03 Å². The number of carbonyl (C=O) groups is 2. The third kappa shape index (κ3) is 3.77. The second kappa shape index (κ2) is 6.47. The molecule has 0 radical (unpaired) electrons. The van der Waals surface area contributed by atoms with Gasteiger partial charge in [0.25, 0.3) is 0 Å². The summed E-state index contributed by atoms with van der Waals surface area (Å²) >= 11 is 0. The van der Waals surface area contributed by atoms with Crippen molar-refractivity contribution < 1.29 is 14.0 Å². The van der Waals surface area contributed by atoms with Crippen molar-refractivity contribution in [3.05, 3.63) is 35.6 Å². The van der Waals surface area contributed by atoms with Crippen LogP contribution in [0.5, 0.6) is 0 Å². The van der Waals surface area contributed by atoms with Crippen molar-refractivity contribution in [1.82, 2.24) is 15.5 Å². The quantitative estimate of drug-likeness (QED) is 0.761. The van der Waals surface area contributed by atoms with Crippen molar-refractivity contribution in [2.24, 2.45) is 0 Å². The molecule has 0 saturated carbocycles. The molecule has 6 heteroatoms. The summed E-state index contributed by atoms with van der Waals surface area (Å²) in [6.45, 7) is 3.00. The Morgan fingerprint density at radius 3 is 2.65 bits per heavy atom. The summed E-state index contributed by atoms with van der Waals surface area (Å²) < 4.78 is 12.8. The van der Waals surface area contributed by atoms with Crippen LogP contribution in [0.3, 0.4) is 0 Å². The van der Waals surface area contributed by atoms with E-state index in [1.807, 2.05) is 6.92 Å². The Balaban J connectivity index is 1.72. The van der Waals surface area contributed by atoms with Gasteiger partial charge in [-0.05, 0) is 31.0 Å². The smallest absolute Gasteiger partial charge is 0.324 e. The number of rotatable bonds is 6. The summed E-state index contributed by atoms with van der Waals surface area (Å²) in [7, 11) is 0. The van der Waals surface area contributed by atoms with E-state index in [-0.39, 0.29) is 30.3 Å². The van der Waals surface area contributed by atoms with E-state index in [1.165, 1.54) is 17.0 Å². The Hall–Kier alpha value is -1.95. The minimum Gasteiger partial charge on any atom is -0.329 e. The number of amides is 3. The maximum absolute atomic E-state index is 12.8. The molecule has 2 N–H and O–H groups in total. The summed E-state index contributed by atoms with van der Waals surface area (Å²) in [5.41, 5.74) is 1.04. The highest BCUT2D eigenvalue weighted by atomic mass is 19.1. The van der Waals surface area contributed by atoms with E-state index in [0.717, 1.165) is 12.0 Å². The SMILES string of the molecule is C[C@H](Cc1ccc(F)cc1)NCCN1C(=O)CNC1=O. The van der Waals surface area contributed by atoms with Gasteiger partial charge in [0.1, 0.15) is 5.82 Å². The summed E-state index contributed by atoms with van der Waals surface area (Å²) in [5, 5.41) is 5.72. The van der Waals surface area contributed by atoms with E-state index in [4.69, 9.17) is 0 Å². The molecule has 3 amide bonds. The Bertz CT molecular complexity index is 474. The lowest BCUT2D eigenvalue weighted by Gasteiger charge is -2.17. The van der Waals surface area contributed by atoms with Gasteiger partial charge in [-0.2, -0.15) is 0 Å². The number of urea groups is 1. The number of hydrogen-bond donors (Lipinski definition) is 2. The zero-order valence-corrected chi connectivity index (χ0v) is 11.4. The van der Waals surface area contributed by atoms with Crippen LogP contribution in [0, 0.1) is 5.82 Å². The van der Waals surface area contributed by atoms with E-state index >= 15 is 0 Å². The van der Waals surface area contributed by atoms with Gasteiger partial charge in [-0.15, -0.1) is 0 Å². The Labute approximate surface area is 117 Å². The average Bonchev–Trinajstić information content (AvgIpc) is 2.73. The lowest BCUT2D eigenvalue weighted by atomic mass is 10.1. The molecule has 0 aliphatic carbocycles. The third-order valence-corrected chi connectivity index (χ3v) is 3.22. The standard InChI is InChI=1S/C14H18FN3O2/c1-10(8-11-2-4-12(15)5-3-11)16-6-7-18-13(19)9-17-14(18)20/h2-5,10,16H,6-9H2,1H3,(H,17,20)/t10-/m1/s1. The summed E-state index contributed by atoms with van der Waals surface area (Å²) in [5.74, 6) is -0.434. The van der Waals surface area contributed by atoms with Gasteiger partial charge in [0, 0.05) is 19.1 Å². The van der Waals surface area contributed by atoms with Crippen molar-refractivity contribution in [2.45, 2.75) is 19.4 Å². The highest BCUT2D eigenvalue weighted by Gasteiger charge is 2.27. The molecule has 1 aromatic carbocycles. The van der Waals surface area contributed by atoms with E-state index in [2.05, 4.69) is 10.6 Å². The Kier molecular flexibility index (Phi) is 4.68. The molecule has 0 aromatic heterocycles. The van der Waals surface area contributed by atoms with Crippen molar-refractivity contribution in [3.63, 3.8) is 0 Å². The molecule has 1 aromatic rings. The molecule has 1 heterocycles. The van der Waals surface area contributed by atoms with E-state index in [1.54, 1.807) is 12.1 Å². The first kappa shape index (κ1) is 14.5. The highest BCUT2D eigenvalue weighted by Crippen LogP contribution is 2.05. The largest absolute Gasteiger partial charge is 0.329 e. The fraction of sp³-hybridized carbons (Fsp3) is 0.429. The number of nitrogens with one attached hydrogen (secondary N) is 2. The average molecular weight is 279 g/mol. The van der Waals surface area contributed by atoms with Gasteiger partial charge in [0.2, 0.25) is 5.91 Å². The first-order chi connectivity index (χ1) is 9.56. The van der Waals surface area contributed by atoms with Gasteiger partial charge in [-0.3, -0.25) is 9.69 Å². The van der Waals surface area contributed by atoms with Gasteiger partial charge in [-0.1, -0.05) is 12.1 Å². The number of carbonyl (C=O) groups excluding carboxylic acids is 2. The first-order valence-electron chi connectivity index (χ1n) is 6.62. The maximum atomic E-state index is 12.8. The normalized spacial score (nSPS) is 16.4. The zero-order valence-electron chi connectivity index (χ0n) is 11.4. The molecule has 1 fully saturated rings. The lowest BCUT2D eigenvalue weighted by molar-refractivity contribution is -0.124. The van der Waals surface area contributed by atoms with Crippen LogP contribution in [0.25, 0.3) is 0 Å². The predicted molar refractivity (Wildman–Crippen MR) is 72.7 cm³/mol. The number of benzene rings is 1. The number of imide groups is 1. The molecular weight excluding hydrogens is 261 g/mol. The van der Waals surface area contributed by atoms with Crippen LogP contribution in [0.15, 0.2) is 24.3 Å². The second-order valence-electron chi connectivity index (χ2n) is 4.89. The minimum atomic E-state index is -0.331. The monoisotopic (exact) mass is 279 g/mol. The molecular formula is C14H18FN3O2.